The Morgan fingerprint density at radius 3 is 2.77 bits per heavy atom. The van der Waals surface area contributed by atoms with Crippen molar-refractivity contribution in [1.82, 2.24) is 4.90 Å². The number of amides is 1. The van der Waals surface area contributed by atoms with Crippen molar-refractivity contribution >= 4 is 33.2 Å². The summed E-state index contributed by atoms with van der Waals surface area (Å²) < 4.78 is 25.2. The zero-order chi connectivity index (χ0) is 16.3. The summed E-state index contributed by atoms with van der Waals surface area (Å²) in [4.78, 5) is 14.2. The normalized spacial score (nSPS) is 19.0. The number of likely N-dealkylation sites (tertiary alicyclic amines) is 1. The number of anilines is 1. The topological polar surface area (TPSA) is 57.7 Å². The van der Waals surface area contributed by atoms with E-state index in [4.69, 9.17) is 11.6 Å². The van der Waals surface area contributed by atoms with Crippen LogP contribution in [0.4, 0.5) is 5.69 Å². The predicted molar refractivity (Wildman–Crippen MR) is 88.6 cm³/mol. The molecular formula is C15H21ClN2O3S. The first kappa shape index (κ1) is 17.1. The van der Waals surface area contributed by atoms with Crippen LogP contribution < -0.4 is 4.31 Å². The third-order valence-corrected chi connectivity index (χ3v) is 5.16. The van der Waals surface area contributed by atoms with E-state index in [-0.39, 0.29) is 12.5 Å². The van der Waals surface area contributed by atoms with Gasteiger partial charge in [0.1, 0.15) is 6.54 Å². The van der Waals surface area contributed by atoms with Crippen molar-refractivity contribution in [3.8, 4) is 0 Å². The van der Waals surface area contributed by atoms with Gasteiger partial charge in [0.2, 0.25) is 15.9 Å². The Bertz CT molecular complexity index is 648. The van der Waals surface area contributed by atoms with Gasteiger partial charge in [0.05, 0.1) is 11.9 Å². The second-order valence-corrected chi connectivity index (χ2v) is 8.18. The summed E-state index contributed by atoms with van der Waals surface area (Å²) in [6.07, 6.45) is 3.16. The molecule has 5 nitrogen and oxygen atoms in total. The Morgan fingerprint density at radius 1 is 1.45 bits per heavy atom. The quantitative estimate of drug-likeness (QED) is 0.842. The van der Waals surface area contributed by atoms with E-state index in [2.05, 4.69) is 6.92 Å². The fourth-order valence-electron chi connectivity index (χ4n) is 2.67. The average Bonchev–Trinajstić information content (AvgIpc) is 2.43. The van der Waals surface area contributed by atoms with Crippen molar-refractivity contribution in [2.75, 3.05) is 30.2 Å². The average molecular weight is 345 g/mol. The molecule has 0 saturated carbocycles. The van der Waals surface area contributed by atoms with Crippen LogP contribution in [0.2, 0.25) is 5.02 Å². The van der Waals surface area contributed by atoms with E-state index in [0.29, 0.717) is 29.7 Å². The van der Waals surface area contributed by atoms with E-state index in [0.717, 1.165) is 23.4 Å². The number of hydrogen-bond acceptors (Lipinski definition) is 3. The van der Waals surface area contributed by atoms with Gasteiger partial charge in [-0.2, -0.15) is 0 Å². The zero-order valence-electron chi connectivity index (χ0n) is 12.8. The maximum Gasteiger partial charge on any atom is 0.243 e. The van der Waals surface area contributed by atoms with E-state index in [9.17, 15) is 13.2 Å². The number of rotatable bonds is 4. The van der Waals surface area contributed by atoms with Gasteiger partial charge in [-0.3, -0.25) is 9.10 Å². The molecule has 1 fully saturated rings. The second-order valence-electron chi connectivity index (χ2n) is 5.84. The minimum Gasteiger partial charge on any atom is -0.341 e. The van der Waals surface area contributed by atoms with Gasteiger partial charge in [-0.05, 0) is 37.0 Å². The number of benzene rings is 1. The number of sulfonamides is 1. The molecule has 1 aliphatic rings. The highest BCUT2D eigenvalue weighted by Crippen LogP contribution is 2.22. The summed E-state index contributed by atoms with van der Waals surface area (Å²) in [6, 6.07) is 6.52. The molecule has 1 saturated heterocycles. The molecule has 0 unspecified atom stereocenters. The van der Waals surface area contributed by atoms with Crippen molar-refractivity contribution < 1.29 is 13.2 Å². The first-order chi connectivity index (χ1) is 10.3. The Labute approximate surface area is 136 Å². The second kappa shape index (κ2) is 6.87. The highest BCUT2D eigenvalue weighted by atomic mass is 35.5. The molecule has 1 heterocycles. The molecule has 2 rings (SSSR count). The molecule has 22 heavy (non-hydrogen) atoms. The first-order valence-electron chi connectivity index (χ1n) is 7.28. The lowest BCUT2D eigenvalue weighted by Crippen LogP contribution is -2.46. The Balaban J connectivity index is 2.19. The zero-order valence-corrected chi connectivity index (χ0v) is 14.4. The highest BCUT2D eigenvalue weighted by Gasteiger charge is 2.26. The first-order valence-corrected chi connectivity index (χ1v) is 9.51. The van der Waals surface area contributed by atoms with Gasteiger partial charge < -0.3 is 4.90 Å². The van der Waals surface area contributed by atoms with Gasteiger partial charge >= 0.3 is 0 Å². The van der Waals surface area contributed by atoms with Crippen LogP contribution in [0.15, 0.2) is 24.3 Å². The van der Waals surface area contributed by atoms with Crippen LogP contribution >= 0.6 is 11.6 Å². The summed E-state index contributed by atoms with van der Waals surface area (Å²) >= 11 is 5.93. The van der Waals surface area contributed by atoms with E-state index >= 15 is 0 Å². The Hall–Kier alpha value is -1.27. The molecule has 0 bridgehead atoms. The van der Waals surface area contributed by atoms with Crippen LogP contribution in [0.3, 0.4) is 0 Å². The number of hydrogen-bond donors (Lipinski definition) is 0. The smallest absolute Gasteiger partial charge is 0.243 e. The highest BCUT2D eigenvalue weighted by molar-refractivity contribution is 7.92. The lowest BCUT2D eigenvalue weighted by Gasteiger charge is -2.33. The molecule has 122 valence electrons. The van der Waals surface area contributed by atoms with E-state index < -0.39 is 10.0 Å². The van der Waals surface area contributed by atoms with Crippen LogP contribution in [0, 0.1) is 5.92 Å². The molecule has 1 amide bonds. The molecular weight excluding hydrogens is 324 g/mol. The number of nitrogens with zero attached hydrogens (tertiary/aromatic N) is 2. The maximum atomic E-state index is 12.4. The minimum absolute atomic E-state index is 0.169. The van der Waals surface area contributed by atoms with E-state index in [1.54, 1.807) is 29.2 Å². The Morgan fingerprint density at radius 2 is 2.18 bits per heavy atom. The van der Waals surface area contributed by atoms with Crippen molar-refractivity contribution in [1.29, 1.82) is 0 Å². The van der Waals surface area contributed by atoms with Crippen LogP contribution in [0.1, 0.15) is 19.8 Å². The third-order valence-electron chi connectivity index (χ3n) is 3.79. The third kappa shape index (κ3) is 4.36. The van der Waals surface area contributed by atoms with Crippen LogP contribution in [-0.2, 0) is 14.8 Å². The molecule has 0 N–H and O–H groups in total. The molecule has 0 spiro atoms. The molecule has 1 aliphatic heterocycles. The summed E-state index contributed by atoms with van der Waals surface area (Å²) in [5, 5.41) is 0.435. The van der Waals surface area contributed by atoms with Gasteiger partial charge in [-0.15, -0.1) is 0 Å². The number of halogens is 1. The van der Waals surface area contributed by atoms with Crippen molar-refractivity contribution in [3.63, 3.8) is 0 Å². The summed E-state index contributed by atoms with van der Waals surface area (Å²) in [5.74, 6) is 0.285. The standard InChI is InChI=1S/C15H21ClN2O3S/c1-12-5-4-8-17(10-12)15(19)11-18(22(2,20)21)14-7-3-6-13(16)9-14/h3,6-7,9,12H,4-5,8,10-11H2,1-2H3/t12-/m0/s1. The fourth-order valence-corrected chi connectivity index (χ4v) is 3.70. The molecule has 1 aromatic rings. The van der Waals surface area contributed by atoms with Crippen molar-refractivity contribution in [2.45, 2.75) is 19.8 Å². The van der Waals surface area contributed by atoms with E-state index in [1.165, 1.54) is 0 Å². The number of carbonyl (C=O) groups is 1. The summed E-state index contributed by atoms with van der Waals surface area (Å²) in [7, 11) is -3.55. The monoisotopic (exact) mass is 344 g/mol. The SMILES string of the molecule is C[C@H]1CCCN(C(=O)CN(c2cccc(Cl)c2)S(C)(=O)=O)C1. The van der Waals surface area contributed by atoms with Gasteiger partial charge in [0, 0.05) is 18.1 Å². The maximum absolute atomic E-state index is 12.4. The summed E-state index contributed by atoms with van der Waals surface area (Å²) in [5.41, 5.74) is 0.411. The van der Waals surface area contributed by atoms with Gasteiger partial charge in [-0.25, -0.2) is 8.42 Å². The van der Waals surface area contributed by atoms with Crippen molar-refractivity contribution in [3.05, 3.63) is 29.3 Å². The number of piperidine rings is 1. The fraction of sp³-hybridized carbons (Fsp3) is 0.533. The van der Waals surface area contributed by atoms with Crippen molar-refractivity contribution in [2.24, 2.45) is 5.92 Å². The van der Waals surface area contributed by atoms with Gasteiger partial charge in [0.15, 0.2) is 0 Å². The van der Waals surface area contributed by atoms with Crippen LogP contribution in [0.25, 0.3) is 0 Å². The van der Waals surface area contributed by atoms with Crippen LogP contribution in [-0.4, -0.2) is 45.1 Å². The van der Waals surface area contributed by atoms with Crippen LogP contribution in [0.5, 0.6) is 0 Å². The lowest BCUT2D eigenvalue weighted by atomic mass is 10.0. The molecule has 1 aromatic carbocycles. The molecule has 0 aromatic heterocycles. The van der Waals surface area contributed by atoms with E-state index in [1.807, 2.05) is 0 Å². The van der Waals surface area contributed by atoms with Gasteiger partial charge in [0.25, 0.3) is 0 Å². The molecule has 0 radical (unpaired) electrons. The molecule has 0 aliphatic carbocycles. The number of carbonyl (C=O) groups excluding carboxylic acids is 1. The lowest BCUT2D eigenvalue weighted by molar-refractivity contribution is -0.131. The largest absolute Gasteiger partial charge is 0.341 e. The predicted octanol–water partition coefficient (Wildman–Crippen LogP) is 2.36. The Kier molecular flexibility index (Phi) is 5.34. The summed E-state index contributed by atoms with van der Waals surface area (Å²) in [6.45, 7) is 3.29. The molecule has 1 atom stereocenters. The van der Waals surface area contributed by atoms with Gasteiger partial charge in [-0.1, -0.05) is 24.6 Å². The molecule has 7 heteroatoms. The minimum atomic E-state index is -3.55.